The van der Waals surface area contributed by atoms with Gasteiger partial charge >= 0.3 is 0 Å². The number of halogens is 2. The smallest absolute Gasteiger partial charge is 0.159 e. The normalized spacial score (nSPS) is 18.1. The van der Waals surface area contributed by atoms with E-state index in [1.165, 1.54) is 12.5 Å². The lowest BCUT2D eigenvalue weighted by Gasteiger charge is -2.20. The van der Waals surface area contributed by atoms with E-state index in [-0.39, 0.29) is 6.04 Å². The van der Waals surface area contributed by atoms with Crippen molar-refractivity contribution in [3.8, 4) is 0 Å². The topological polar surface area (TPSA) is 26.0 Å². The summed E-state index contributed by atoms with van der Waals surface area (Å²) in [6.45, 7) is 0. The summed E-state index contributed by atoms with van der Waals surface area (Å²) in [5, 5.41) is 0. The Morgan fingerprint density at radius 3 is 2.56 bits per heavy atom. The van der Waals surface area contributed by atoms with Crippen molar-refractivity contribution in [1.82, 2.24) is 0 Å². The molecule has 0 radical (unpaired) electrons. The third kappa shape index (κ3) is 2.30. The van der Waals surface area contributed by atoms with Crippen molar-refractivity contribution in [2.45, 2.75) is 31.7 Å². The second-order valence-electron chi connectivity index (χ2n) is 4.18. The zero-order valence-electron chi connectivity index (χ0n) is 9.05. The molecule has 0 saturated heterocycles. The lowest BCUT2D eigenvalue weighted by Crippen LogP contribution is -2.15. The third-order valence-electron chi connectivity index (χ3n) is 3.03. The zero-order chi connectivity index (χ0) is 11.5. The van der Waals surface area contributed by atoms with Crippen LogP contribution in [0.5, 0.6) is 0 Å². The molecular weight excluding hydrogens is 208 g/mol. The highest BCUT2D eigenvalue weighted by Gasteiger charge is 2.15. The fourth-order valence-corrected chi connectivity index (χ4v) is 2.07. The Morgan fingerprint density at radius 2 is 1.94 bits per heavy atom. The highest BCUT2D eigenvalue weighted by Crippen LogP contribution is 2.28. The van der Waals surface area contributed by atoms with Crippen LogP contribution < -0.4 is 5.73 Å². The molecule has 1 aliphatic rings. The van der Waals surface area contributed by atoms with Crippen molar-refractivity contribution in [2.75, 3.05) is 0 Å². The molecule has 0 aromatic heterocycles. The van der Waals surface area contributed by atoms with Crippen LogP contribution in [-0.4, -0.2) is 0 Å². The first-order chi connectivity index (χ1) is 7.68. The van der Waals surface area contributed by atoms with Gasteiger partial charge in [0, 0.05) is 0 Å². The minimum atomic E-state index is -0.829. The van der Waals surface area contributed by atoms with E-state index in [1.807, 2.05) is 0 Å². The molecule has 0 amide bonds. The number of rotatable bonds is 2. The van der Waals surface area contributed by atoms with Crippen LogP contribution in [0.15, 0.2) is 29.8 Å². The maximum Gasteiger partial charge on any atom is 0.159 e. The van der Waals surface area contributed by atoms with Crippen LogP contribution in [-0.2, 0) is 0 Å². The van der Waals surface area contributed by atoms with Gasteiger partial charge in [0.15, 0.2) is 11.6 Å². The Morgan fingerprint density at radius 1 is 1.12 bits per heavy atom. The fraction of sp³-hybridized carbons (Fsp3) is 0.385. The Hall–Kier alpha value is -1.22. The molecule has 1 unspecified atom stereocenters. The molecule has 0 aliphatic heterocycles. The first-order valence-corrected chi connectivity index (χ1v) is 5.58. The van der Waals surface area contributed by atoms with Gasteiger partial charge in [0.1, 0.15) is 0 Å². The molecule has 1 aromatic carbocycles. The van der Waals surface area contributed by atoms with Crippen molar-refractivity contribution in [3.05, 3.63) is 47.0 Å². The maximum atomic E-state index is 13.1. The first kappa shape index (κ1) is 11.3. The van der Waals surface area contributed by atoms with Gasteiger partial charge in [-0.2, -0.15) is 0 Å². The quantitative estimate of drug-likeness (QED) is 0.763. The van der Waals surface area contributed by atoms with Crippen molar-refractivity contribution in [3.63, 3.8) is 0 Å². The molecule has 0 heterocycles. The zero-order valence-corrected chi connectivity index (χ0v) is 9.05. The first-order valence-electron chi connectivity index (χ1n) is 5.58. The predicted molar refractivity (Wildman–Crippen MR) is 59.8 cm³/mol. The largest absolute Gasteiger partial charge is 0.321 e. The third-order valence-corrected chi connectivity index (χ3v) is 3.03. The molecule has 86 valence electrons. The van der Waals surface area contributed by atoms with Crippen molar-refractivity contribution < 1.29 is 8.78 Å². The molecule has 1 nitrogen and oxygen atoms in total. The van der Waals surface area contributed by atoms with E-state index in [1.54, 1.807) is 6.07 Å². The second kappa shape index (κ2) is 4.74. The van der Waals surface area contributed by atoms with Gasteiger partial charge in [0.05, 0.1) is 6.04 Å². The fourth-order valence-electron chi connectivity index (χ4n) is 2.07. The Kier molecular flexibility index (Phi) is 3.34. The van der Waals surface area contributed by atoms with Crippen LogP contribution in [0.1, 0.15) is 37.3 Å². The summed E-state index contributed by atoms with van der Waals surface area (Å²) in [5.74, 6) is -1.65. The van der Waals surface area contributed by atoms with Crippen molar-refractivity contribution >= 4 is 0 Å². The van der Waals surface area contributed by atoms with Crippen LogP contribution in [0.25, 0.3) is 0 Å². The summed E-state index contributed by atoms with van der Waals surface area (Å²) in [6, 6.07) is 3.58. The monoisotopic (exact) mass is 223 g/mol. The predicted octanol–water partition coefficient (Wildman–Crippen LogP) is 3.47. The maximum absolute atomic E-state index is 13.1. The Labute approximate surface area is 94.0 Å². The number of hydrogen-bond acceptors (Lipinski definition) is 1. The van der Waals surface area contributed by atoms with E-state index in [0.29, 0.717) is 5.56 Å². The summed E-state index contributed by atoms with van der Waals surface area (Å²) >= 11 is 0. The average Bonchev–Trinajstić information content (AvgIpc) is 2.33. The van der Waals surface area contributed by atoms with E-state index in [0.717, 1.165) is 30.9 Å². The summed E-state index contributed by atoms with van der Waals surface area (Å²) in [4.78, 5) is 0. The van der Waals surface area contributed by atoms with Gasteiger partial charge in [-0.1, -0.05) is 17.7 Å². The molecular formula is C13H15F2N. The molecule has 0 fully saturated rings. The lowest BCUT2D eigenvalue weighted by molar-refractivity contribution is 0.505. The van der Waals surface area contributed by atoms with E-state index >= 15 is 0 Å². The summed E-state index contributed by atoms with van der Waals surface area (Å²) < 4.78 is 25.8. The van der Waals surface area contributed by atoms with Gasteiger partial charge in [0.2, 0.25) is 0 Å². The molecule has 0 spiro atoms. The molecule has 0 bridgehead atoms. The molecule has 2 N–H and O–H groups in total. The number of hydrogen-bond donors (Lipinski definition) is 1. The van der Waals surface area contributed by atoms with Gasteiger partial charge in [-0.15, -0.1) is 0 Å². The summed E-state index contributed by atoms with van der Waals surface area (Å²) in [5.41, 5.74) is 7.81. The van der Waals surface area contributed by atoms with Crippen molar-refractivity contribution in [2.24, 2.45) is 5.73 Å². The second-order valence-corrected chi connectivity index (χ2v) is 4.18. The van der Waals surface area contributed by atoms with Crippen LogP contribution >= 0.6 is 0 Å². The van der Waals surface area contributed by atoms with E-state index < -0.39 is 11.6 Å². The number of nitrogens with two attached hydrogens (primary N) is 1. The minimum Gasteiger partial charge on any atom is -0.321 e. The van der Waals surface area contributed by atoms with Crippen LogP contribution in [0.4, 0.5) is 8.78 Å². The summed E-state index contributed by atoms with van der Waals surface area (Å²) in [7, 11) is 0. The van der Waals surface area contributed by atoms with Gasteiger partial charge in [-0.05, 0) is 43.4 Å². The molecule has 0 saturated carbocycles. The number of benzene rings is 1. The standard InChI is InChI=1S/C13H15F2N/c14-11-7-6-10(8-12(11)15)13(16)9-4-2-1-3-5-9/h4,6-8,13H,1-3,5,16H2. The van der Waals surface area contributed by atoms with Gasteiger partial charge < -0.3 is 5.73 Å². The van der Waals surface area contributed by atoms with Gasteiger partial charge in [-0.3, -0.25) is 0 Å². The average molecular weight is 223 g/mol. The Bertz CT molecular complexity index is 412. The van der Waals surface area contributed by atoms with Crippen LogP contribution in [0.3, 0.4) is 0 Å². The van der Waals surface area contributed by atoms with Gasteiger partial charge in [-0.25, -0.2) is 8.78 Å². The summed E-state index contributed by atoms with van der Waals surface area (Å²) in [6.07, 6.45) is 6.43. The molecule has 1 atom stereocenters. The number of allylic oxidation sites excluding steroid dienone is 1. The van der Waals surface area contributed by atoms with E-state index in [2.05, 4.69) is 6.08 Å². The molecule has 2 rings (SSSR count). The van der Waals surface area contributed by atoms with Gasteiger partial charge in [0.25, 0.3) is 0 Å². The SMILES string of the molecule is NC(C1=CCCCC1)c1ccc(F)c(F)c1. The molecule has 3 heteroatoms. The lowest BCUT2D eigenvalue weighted by atomic mass is 9.90. The Balaban J connectivity index is 2.22. The van der Waals surface area contributed by atoms with Crippen LogP contribution in [0, 0.1) is 11.6 Å². The van der Waals surface area contributed by atoms with E-state index in [4.69, 9.17) is 5.73 Å². The highest BCUT2D eigenvalue weighted by atomic mass is 19.2. The van der Waals surface area contributed by atoms with E-state index in [9.17, 15) is 8.78 Å². The highest BCUT2D eigenvalue weighted by molar-refractivity contribution is 5.29. The molecule has 1 aromatic rings. The minimum absolute atomic E-state index is 0.296. The van der Waals surface area contributed by atoms with Crippen molar-refractivity contribution in [1.29, 1.82) is 0 Å². The molecule has 16 heavy (non-hydrogen) atoms. The van der Waals surface area contributed by atoms with Crippen LogP contribution in [0.2, 0.25) is 0 Å². The molecule has 1 aliphatic carbocycles.